The standard InChI is InChI=1S/C30H43N7/c1-8-26-25-20-28-31-29(36-17-11-12-18-36)22(3)30(37(28)32-25)34(6)16-10-9-15-33(5)27-14-13-21(2)19-24(27)23(4)35(26)7/h13-14,19-20,26H,4,8-12,15-18H2,1-3,5-7H3. The molecule has 1 atom stereocenters. The summed E-state index contributed by atoms with van der Waals surface area (Å²) in [5, 5.41) is 5.21. The molecule has 0 spiro atoms. The summed E-state index contributed by atoms with van der Waals surface area (Å²) < 4.78 is 2.09. The smallest absolute Gasteiger partial charge is 0.160 e. The molecule has 0 saturated carbocycles. The van der Waals surface area contributed by atoms with Gasteiger partial charge in [-0.25, -0.2) is 4.98 Å². The summed E-state index contributed by atoms with van der Waals surface area (Å²) in [6, 6.07) is 9.03. The highest BCUT2D eigenvalue weighted by atomic mass is 15.4. The molecule has 5 rings (SSSR count). The van der Waals surface area contributed by atoms with Gasteiger partial charge < -0.3 is 19.6 Å². The van der Waals surface area contributed by atoms with Gasteiger partial charge in [0.1, 0.15) is 11.6 Å². The van der Waals surface area contributed by atoms with Crippen molar-refractivity contribution >= 4 is 28.7 Å². The van der Waals surface area contributed by atoms with Gasteiger partial charge in [-0.3, -0.25) is 0 Å². The Morgan fingerprint density at radius 1 is 0.919 bits per heavy atom. The van der Waals surface area contributed by atoms with E-state index in [9.17, 15) is 0 Å². The average Bonchev–Trinajstić information content (AvgIpc) is 3.55. The average molecular weight is 502 g/mol. The number of fused-ring (bicyclic) bond motifs is 2. The van der Waals surface area contributed by atoms with Crippen molar-refractivity contribution in [3.63, 3.8) is 0 Å². The molecular weight excluding hydrogens is 458 g/mol. The summed E-state index contributed by atoms with van der Waals surface area (Å²) in [5.74, 6) is 2.28. The van der Waals surface area contributed by atoms with Gasteiger partial charge in [0.15, 0.2) is 5.65 Å². The van der Waals surface area contributed by atoms with E-state index < -0.39 is 0 Å². The van der Waals surface area contributed by atoms with Gasteiger partial charge in [0, 0.05) is 75.9 Å². The zero-order chi connectivity index (χ0) is 26.3. The fourth-order valence-electron chi connectivity index (χ4n) is 6.12. The lowest BCUT2D eigenvalue weighted by atomic mass is 10.0. The molecule has 1 unspecified atom stereocenters. The van der Waals surface area contributed by atoms with Crippen LogP contribution in [0.25, 0.3) is 11.3 Å². The van der Waals surface area contributed by atoms with E-state index in [0.717, 1.165) is 74.1 Å². The third kappa shape index (κ3) is 4.64. The maximum absolute atomic E-state index is 5.21. The Kier molecular flexibility index (Phi) is 7.06. The Morgan fingerprint density at radius 3 is 2.30 bits per heavy atom. The molecule has 1 fully saturated rings. The van der Waals surface area contributed by atoms with Gasteiger partial charge in [-0.1, -0.05) is 25.1 Å². The van der Waals surface area contributed by atoms with Crippen LogP contribution in [-0.4, -0.2) is 66.8 Å². The Balaban J connectivity index is 1.66. The molecule has 0 radical (unpaired) electrons. The molecular formula is C30H43N7. The van der Waals surface area contributed by atoms with Crippen LogP contribution in [0.2, 0.25) is 0 Å². The van der Waals surface area contributed by atoms with Crippen molar-refractivity contribution in [1.82, 2.24) is 19.5 Å². The zero-order valence-corrected chi connectivity index (χ0v) is 23.6. The van der Waals surface area contributed by atoms with Gasteiger partial charge in [0.2, 0.25) is 0 Å². The Bertz CT molecular complexity index is 1290. The molecule has 2 aliphatic heterocycles. The Morgan fingerprint density at radius 2 is 1.59 bits per heavy atom. The highest BCUT2D eigenvalue weighted by Crippen LogP contribution is 2.37. The number of anilines is 3. The van der Waals surface area contributed by atoms with E-state index in [0.29, 0.717) is 0 Å². The maximum Gasteiger partial charge on any atom is 0.160 e. The molecule has 2 bridgehead atoms. The van der Waals surface area contributed by atoms with E-state index in [-0.39, 0.29) is 6.04 Å². The quantitative estimate of drug-likeness (QED) is 0.451. The first-order chi connectivity index (χ1) is 17.8. The maximum atomic E-state index is 5.21. The number of benzene rings is 1. The van der Waals surface area contributed by atoms with E-state index in [4.69, 9.17) is 10.1 Å². The first kappa shape index (κ1) is 25.4. The summed E-state index contributed by atoms with van der Waals surface area (Å²) in [6.07, 6.45) is 5.63. The molecule has 7 nitrogen and oxygen atoms in total. The minimum atomic E-state index is 0.103. The van der Waals surface area contributed by atoms with Gasteiger partial charge in [0.05, 0.1) is 11.7 Å². The van der Waals surface area contributed by atoms with E-state index >= 15 is 0 Å². The summed E-state index contributed by atoms with van der Waals surface area (Å²) in [7, 11) is 6.58. The molecule has 198 valence electrons. The third-order valence-corrected chi connectivity index (χ3v) is 8.30. The fraction of sp³-hybridized carbons (Fsp3) is 0.533. The van der Waals surface area contributed by atoms with Crippen molar-refractivity contribution in [3.05, 3.63) is 53.2 Å². The van der Waals surface area contributed by atoms with Crippen LogP contribution in [0.15, 0.2) is 30.8 Å². The van der Waals surface area contributed by atoms with Crippen molar-refractivity contribution in [2.24, 2.45) is 0 Å². The van der Waals surface area contributed by atoms with Crippen molar-refractivity contribution in [2.75, 3.05) is 62.0 Å². The van der Waals surface area contributed by atoms with Gasteiger partial charge in [-0.05, 0) is 58.1 Å². The Hall–Kier alpha value is -3.22. The fourth-order valence-corrected chi connectivity index (χ4v) is 6.12. The summed E-state index contributed by atoms with van der Waals surface area (Å²) in [6.45, 7) is 15.4. The topological polar surface area (TPSA) is 43.1 Å². The largest absolute Gasteiger partial charge is 0.374 e. The van der Waals surface area contributed by atoms with Crippen LogP contribution in [0.3, 0.4) is 0 Å². The van der Waals surface area contributed by atoms with Crippen LogP contribution in [0.1, 0.15) is 67.5 Å². The Labute approximate surface area is 222 Å². The molecule has 2 aromatic heterocycles. The second kappa shape index (κ2) is 10.3. The van der Waals surface area contributed by atoms with E-state index in [1.54, 1.807) is 0 Å². The molecule has 7 heteroatoms. The first-order valence-corrected chi connectivity index (χ1v) is 13.9. The monoisotopic (exact) mass is 501 g/mol. The molecule has 3 aromatic rings. The van der Waals surface area contributed by atoms with Crippen LogP contribution < -0.4 is 14.7 Å². The highest BCUT2D eigenvalue weighted by molar-refractivity contribution is 5.75. The number of nitrogens with zero attached hydrogens (tertiary/aromatic N) is 7. The van der Waals surface area contributed by atoms with E-state index in [1.165, 1.54) is 35.2 Å². The predicted molar refractivity (Wildman–Crippen MR) is 156 cm³/mol. The molecule has 0 aliphatic carbocycles. The van der Waals surface area contributed by atoms with Gasteiger partial charge in [-0.2, -0.15) is 9.61 Å². The van der Waals surface area contributed by atoms with Crippen LogP contribution in [0.4, 0.5) is 17.3 Å². The molecule has 2 aliphatic rings. The highest BCUT2D eigenvalue weighted by Gasteiger charge is 2.27. The molecule has 0 N–H and O–H groups in total. The summed E-state index contributed by atoms with van der Waals surface area (Å²) >= 11 is 0. The van der Waals surface area contributed by atoms with Crippen molar-refractivity contribution in [1.29, 1.82) is 0 Å². The second-order valence-electron chi connectivity index (χ2n) is 11.0. The number of aromatic nitrogens is 3. The van der Waals surface area contributed by atoms with Crippen LogP contribution in [0.5, 0.6) is 0 Å². The van der Waals surface area contributed by atoms with E-state index in [2.05, 4.69) is 96.9 Å². The molecule has 1 aromatic carbocycles. The first-order valence-electron chi connectivity index (χ1n) is 13.9. The van der Waals surface area contributed by atoms with Crippen molar-refractivity contribution in [2.45, 2.75) is 58.9 Å². The lowest BCUT2D eigenvalue weighted by molar-refractivity contribution is 0.339. The zero-order valence-electron chi connectivity index (χ0n) is 23.6. The normalized spacial score (nSPS) is 19.5. The second-order valence-corrected chi connectivity index (χ2v) is 11.0. The third-order valence-electron chi connectivity index (χ3n) is 8.30. The number of rotatable bonds is 2. The molecule has 0 amide bonds. The van der Waals surface area contributed by atoms with Gasteiger partial charge in [-0.15, -0.1) is 0 Å². The molecule has 1 saturated heterocycles. The van der Waals surface area contributed by atoms with Crippen LogP contribution in [-0.2, 0) is 0 Å². The van der Waals surface area contributed by atoms with Gasteiger partial charge >= 0.3 is 0 Å². The van der Waals surface area contributed by atoms with Gasteiger partial charge in [0.25, 0.3) is 0 Å². The number of hydrogen-bond donors (Lipinski definition) is 0. The SMILES string of the molecule is C=C1c2cc(C)ccc2N(C)CCCCN(C)c2c(C)c(N3CCCC3)nc3cc(nn23)C(CC)N1C. The van der Waals surface area contributed by atoms with Crippen molar-refractivity contribution < 1.29 is 0 Å². The predicted octanol–water partition coefficient (Wildman–Crippen LogP) is 5.67. The lowest BCUT2D eigenvalue weighted by Gasteiger charge is -2.32. The minimum absolute atomic E-state index is 0.103. The lowest BCUT2D eigenvalue weighted by Crippen LogP contribution is -2.27. The summed E-state index contributed by atoms with van der Waals surface area (Å²) in [5.41, 5.74) is 7.92. The van der Waals surface area contributed by atoms with Crippen LogP contribution in [0, 0.1) is 13.8 Å². The summed E-state index contributed by atoms with van der Waals surface area (Å²) in [4.78, 5) is 14.7. The number of aryl methyl sites for hydroxylation is 1. The number of hydrogen-bond acceptors (Lipinski definition) is 6. The minimum Gasteiger partial charge on any atom is -0.374 e. The molecule has 4 heterocycles. The van der Waals surface area contributed by atoms with E-state index in [1.807, 2.05) is 0 Å². The van der Waals surface area contributed by atoms with Crippen molar-refractivity contribution in [3.8, 4) is 0 Å². The van der Waals surface area contributed by atoms with Crippen LogP contribution >= 0.6 is 0 Å². The molecule has 37 heavy (non-hydrogen) atoms.